The number of carbonyl (C=O) groups is 1. The van der Waals surface area contributed by atoms with E-state index in [0.29, 0.717) is 10.7 Å². The second-order valence-electron chi connectivity index (χ2n) is 4.64. The maximum Gasteiger partial charge on any atom is 0.258 e. The molecule has 1 heterocycles. The Hall–Kier alpha value is -2.46. The van der Waals surface area contributed by atoms with Crippen molar-refractivity contribution in [3.8, 4) is 11.1 Å². The summed E-state index contributed by atoms with van der Waals surface area (Å²) in [5, 5.41) is 3.48. The van der Waals surface area contributed by atoms with Gasteiger partial charge in [0.25, 0.3) is 5.91 Å². The maximum atomic E-state index is 12.5. The standard InChI is InChI=1S/C17H14N2OS/c1-12-11-18-17(21-12)19-16(20)15-10-6-5-9-14(15)13-7-3-2-4-8-13/h2-11H,1H3,(H,18,19,20). The molecule has 0 saturated heterocycles. The third kappa shape index (κ3) is 3.01. The first kappa shape index (κ1) is 13.5. The summed E-state index contributed by atoms with van der Waals surface area (Å²) >= 11 is 1.47. The Labute approximate surface area is 127 Å². The van der Waals surface area contributed by atoms with Gasteiger partial charge in [-0.05, 0) is 24.1 Å². The maximum absolute atomic E-state index is 12.5. The van der Waals surface area contributed by atoms with E-state index in [1.165, 1.54) is 11.3 Å². The van der Waals surface area contributed by atoms with E-state index in [-0.39, 0.29) is 5.91 Å². The van der Waals surface area contributed by atoms with Crippen molar-refractivity contribution in [1.82, 2.24) is 4.98 Å². The Bertz CT molecular complexity index is 765. The van der Waals surface area contributed by atoms with Gasteiger partial charge in [0, 0.05) is 16.6 Å². The molecule has 0 fully saturated rings. The molecule has 3 nitrogen and oxygen atoms in total. The van der Waals surface area contributed by atoms with Gasteiger partial charge in [-0.25, -0.2) is 4.98 Å². The van der Waals surface area contributed by atoms with Crippen molar-refractivity contribution in [3.05, 3.63) is 71.2 Å². The summed E-state index contributed by atoms with van der Waals surface area (Å²) < 4.78 is 0. The molecule has 0 atom stereocenters. The molecule has 3 rings (SSSR count). The van der Waals surface area contributed by atoms with E-state index in [2.05, 4.69) is 10.3 Å². The molecule has 3 aromatic rings. The third-order valence-corrected chi connectivity index (χ3v) is 3.93. The molecule has 0 aliphatic rings. The van der Waals surface area contributed by atoms with Crippen LogP contribution in [0.2, 0.25) is 0 Å². The lowest BCUT2D eigenvalue weighted by Crippen LogP contribution is -2.12. The van der Waals surface area contributed by atoms with Gasteiger partial charge in [-0.3, -0.25) is 10.1 Å². The number of benzene rings is 2. The molecule has 0 bridgehead atoms. The van der Waals surface area contributed by atoms with Crippen LogP contribution in [0.25, 0.3) is 11.1 Å². The molecule has 0 aliphatic heterocycles. The quantitative estimate of drug-likeness (QED) is 0.779. The first-order valence-corrected chi connectivity index (χ1v) is 7.44. The van der Waals surface area contributed by atoms with Crippen LogP contribution in [0.4, 0.5) is 5.13 Å². The average Bonchev–Trinajstić information content (AvgIpc) is 2.93. The number of aromatic nitrogens is 1. The lowest BCUT2D eigenvalue weighted by atomic mass is 9.99. The van der Waals surface area contributed by atoms with E-state index in [1.54, 1.807) is 6.20 Å². The minimum atomic E-state index is -0.135. The van der Waals surface area contributed by atoms with Gasteiger partial charge in [0.05, 0.1) is 0 Å². The number of hydrogen-bond donors (Lipinski definition) is 1. The summed E-state index contributed by atoms with van der Waals surface area (Å²) in [6, 6.07) is 17.5. The fourth-order valence-electron chi connectivity index (χ4n) is 2.13. The highest BCUT2D eigenvalue weighted by Gasteiger charge is 2.13. The lowest BCUT2D eigenvalue weighted by molar-refractivity contribution is 0.102. The topological polar surface area (TPSA) is 42.0 Å². The van der Waals surface area contributed by atoms with Gasteiger partial charge in [-0.15, -0.1) is 11.3 Å². The first-order chi connectivity index (χ1) is 10.2. The zero-order valence-corrected chi connectivity index (χ0v) is 12.4. The number of thiazole rings is 1. The molecule has 1 amide bonds. The fraction of sp³-hybridized carbons (Fsp3) is 0.0588. The van der Waals surface area contributed by atoms with Crippen molar-refractivity contribution < 1.29 is 4.79 Å². The summed E-state index contributed by atoms with van der Waals surface area (Å²) in [5.41, 5.74) is 2.60. The van der Waals surface area contributed by atoms with Crippen LogP contribution in [-0.2, 0) is 0 Å². The Morgan fingerprint density at radius 2 is 1.76 bits per heavy atom. The molecular weight excluding hydrogens is 280 g/mol. The number of nitrogens with zero attached hydrogens (tertiary/aromatic N) is 1. The Balaban J connectivity index is 1.93. The smallest absolute Gasteiger partial charge is 0.258 e. The number of nitrogens with one attached hydrogen (secondary N) is 1. The predicted molar refractivity (Wildman–Crippen MR) is 86.7 cm³/mol. The molecule has 21 heavy (non-hydrogen) atoms. The molecule has 1 N–H and O–H groups in total. The molecular formula is C17H14N2OS. The molecule has 0 saturated carbocycles. The van der Waals surface area contributed by atoms with Gasteiger partial charge < -0.3 is 0 Å². The zero-order chi connectivity index (χ0) is 14.7. The van der Waals surface area contributed by atoms with Crippen molar-refractivity contribution in [3.63, 3.8) is 0 Å². The number of anilines is 1. The molecule has 0 unspecified atom stereocenters. The van der Waals surface area contributed by atoms with Crippen molar-refractivity contribution >= 4 is 22.4 Å². The molecule has 2 aromatic carbocycles. The third-order valence-electron chi connectivity index (χ3n) is 3.10. The van der Waals surface area contributed by atoms with Gasteiger partial charge in [-0.2, -0.15) is 0 Å². The summed E-state index contributed by atoms with van der Waals surface area (Å²) in [4.78, 5) is 17.7. The van der Waals surface area contributed by atoms with Crippen LogP contribution < -0.4 is 5.32 Å². The molecule has 0 aliphatic carbocycles. The molecule has 0 radical (unpaired) electrons. The summed E-state index contributed by atoms with van der Waals surface area (Å²) in [7, 11) is 0. The van der Waals surface area contributed by atoms with Crippen LogP contribution in [0.1, 0.15) is 15.2 Å². The van der Waals surface area contributed by atoms with Gasteiger partial charge >= 0.3 is 0 Å². The number of hydrogen-bond acceptors (Lipinski definition) is 3. The van der Waals surface area contributed by atoms with Crippen LogP contribution in [-0.4, -0.2) is 10.9 Å². The van der Waals surface area contributed by atoms with E-state index in [4.69, 9.17) is 0 Å². The van der Waals surface area contributed by atoms with E-state index >= 15 is 0 Å². The molecule has 104 valence electrons. The number of carbonyl (C=O) groups excluding carboxylic acids is 1. The Morgan fingerprint density at radius 3 is 2.48 bits per heavy atom. The van der Waals surface area contributed by atoms with Crippen molar-refractivity contribution in [2.45, 2.75) is 6.92 Å². The highest BCUT2D eigenvalue weighted by atomic mass is 32.1. The highest BCUT2D eigenvalue weighted by Crippen LogP contribution is 2.25. The molecule has 0 spiro atoms. The molecule has 1 aromatic heterocycles. The zero-order valence-electron chi connectivity index (χ0n) is 11.5. The van der Waals surface area contributed by atoms with E-state index in [1.807, 2.05) is 61.5 Å². The van der Waals surface area contributed by atoms with E-state index in [0.717, 1.165) is 16.0 Å². The highest BCUT2D eigenvalue weighted by molar-refractivity contribution is 7.15. The van der Waals surface area contributed by atoms with Gasteiger partial charge in [0.1, 0.15) is 0 Å². The second kappa shape index (κ2) is 5.89. The summed E-state index contributed by atoms with van der Waals surface area (Å²) in [5.74, 6) is -0.135. The number of amides is 1. The minimum Gasteiger partial charge on any atom is -0.298 e. The minimum absolute atomic E-state index is 0.135. The van der Waals surface area contributed by atoms with Gasteiger partial charge in [0.2, 0.25) is 0 Å². The van der Waals surface area contributed by atoms with E-state index in [9.17, 15) is 4.79 Å². The molecule has 4 heteroatoms. The first-order valence-electron chi connectivity index (χ1n) is 6.62. The lowest BCUT2D eigenvalue weighted by Gasteiger charge is -2.09. The van der Waals surface area contributed by atoms with Crippen molar-refractivity contribution in [1.29, 1.82) is 0 Å². The van der Waals surface area contributed by atoms with Crippen LogP contribution in [0.15, 0.2) is 60.8 Å². The second-order valence-corrected chi connectivity index (χ2v) is 5.88. The van der Waals surface area contributed by atoms with E-state index < -0.39 is 0 Å². The van der Waals surface area contributed by atoms with Crippen molar-refractivity contribution in [2.24, 2.45) is 0 Å². The average molecular weight is 294 g/mol. The predicted octanol–water partition coefficient (Wildman–Crippen LogP) is 4.37. The fourth-order valence-corrected chi connectivity index (χ4v) is 2.79. The van der Waals surface area contributed by atoms with Crippen molar-refractivity contribution in [2.75, 3.05) is 5.32 Å². The van der Waals surface area contributed by atoms with Crippen LogP contribution in [0.5, 0.6) is 0 Å². The Kier molecular flexibility index (Phi) is 3.79. The Morgan fingerprint density at radius 1 is 1.05 bits per heavy atom. The van der Waals surface area contributed by atoms with Gasteiger partial charge in [-0.1, -0.05) is 48.5 Å². The van der Waals surface area contributed by atoms with Crippen LogP contribution >= 0.6 is 11.3 Å². The normalized spacial score (nSPS) is 10.3. The van der Waals surface area contributed by atoms with Gasteiger partial charge in [0.15, 0.2) is 5.13 Å². The summed E-state index contributed by atoms with van der Waals surface area (Å²) in [6.07, 6.45) is 1.75. The monoisotopic (exact) mass is 294 g/mol. The number of aryl methyl sites for hydroxylation is 1. The SMILES string of the molecule is Cc1cnc(NC(=O)c2ccccc2-c2ccccc2)s1. The number of rotatable bonds is 3. The largest absolute Gasteiger partial charge is 0.298 e. The van der Waals surface area contributed by atoms with Crippen LogP contribution in [0, 0.1) is 6.92 Å². The summed E-state index contributed by atoms with van der Waals surface area (Å²) in [6.45, 7) is 1.96. The van der Waals surface area contributed by atoms with Crippen LogP contribution in [0.3, 0.4) is 0 Å².